The van der Waals surface area contributed by atoms with Crippen molar-refractivity contribution in [3.8, 4) is 0 Å². The van der Waals surface area contributed by atoms with E-state index in [9.17, 15) is 0 Å². The quantitative estimate of drug-likeness (QED) is 0.840. The second-order valence-corrected chi connectivity index (χ2v) is 5.93. The number of aryl methyl sites for hydroxylation is 2. The predicted molar refractivity (Wildman–Crippen MR) is 89.2 cm³/mol. The highest BCUT2D eigenvalue weighted by Crippen LogP contribution is 2.31. The summed E-state index contributed by atoms with van der Waals surface area (Å²) in [4.78, 5) is 0. The smallest absolute Gasteiger partial charge is 0.0837 e. The molecule has 21 heavy (non-hydrogen) atoms. The number of nitrogens with zero attached hydrogens (tertiary/aromatic N) is 2. The molecule has 0 saturated carbocycles. The SMILES string of the molecule is CCCNC(c1ccc(Cl)cc1C)c1c(Cl)cnn1CC. The van der Waals surface area contributed by atoms with Gasteiger partial charge in [-0.05, 0) is 50.1 Å². The second kappa shape index (κ2) is 7.30. The number of hydrogen-bond donors (Lipinski definition) is 1. The van der Waals surface area contributed by atoms with Crippen LogP contribution < -0.4 is 5.32 Å². The normalized spacial score (nSPS) is 12.6. The molecular formula is C16H21Cl2N3. The van der Waals surface area contributed by atoms with E-state index >= 15 is 0 Å². The maximum Gasteiger partial charge on any atom is 0.0837 e. The van der Waals surface area contributed by atoms with Gasteiger partial charge in [0.2, 0.25) is 0 Å². The van der Waals surface area contributed by atoms with Gasteiger partial charge in [-0.25, -0.2) is 0 Å². The van der Waals surface area contributed by atoms with Gasteiger partial charge in [0.15, 0.2) is 0 Å². The van der Waals surface area contributed by atoms with E-state index in [0.717, 1.165) is 35.8 Å². The summed E-state index contributed by atoms with van der Waals surface area (Å²) >= 11 is 12.5. The van der Waals surface area contributed by atoms with E-state index in [4.69, 9.17) is 23.2 Å². The first-order chi connectivity index (χ1) is 10.1. The molecule has 0 amide bonds. The Labute approximate surface area is 136 Å². The summed E-state index contributed by atoms with van der Waals surface area (Å²) in [5.41, 5.74) is 3.35. The average molecular weight is 326 g/mol. The van der Waals surface area contributed by atoms with Gasteiger partial charge in [0.05, 0.1) is 23.0 Å². The van der Waals surface area contributed by atoms with Gasteiger partial charge in [0, 0.05) is 11.6 Å². The zero-order valence-electron chi connectivity index (χ0n) is 12.7. The summed E-state index contributed by atoms with van der Waals surface area (Å²) in [6.45, 7) is 8.00. The highest BCUT2D eigenvalue weighted by molar-refractivity contribution is 6.31. The molecule has 1 heterocycles. The minimum atomic E-state index is 0.0252. The molecule has 114 valence electrons. The predicted octanol–water partition coefficient (Wildman–Crippen LogP) is 4.61. The van der Waals surface area contributed by atoms with Crippen LogP contribution in [0.3, 0.4) is 0 Å². The van der Waals surface area contributed by atoms with Crippen LogP contribution >= 0.6 is 23.2 Å². The number of rotatable bonds is 6. The number of halogens is 2. The first-order valence-electron chi connectivity index (χ1n) is 7.29. The molecule has 0 saturated heterocycles. The molecule has 0 radical (unpaired) electrons. The van der Waals surface area contributed by atoms with Gasteiger partial charge in [-0.15, -0.1) is 0 Å². The Morgan fingerprint density at radius 1 is 1.29 bits per heavy atom. The molecule has 1 aromatic heterocycles. The topological polar surface area (TPSA) is 29.9 Å². The lowest BCUT2D eigenvalue weighted by molar-refractivity contribution is 0.528. The van der Waals surface area contributed by atoms with Crippen molar-refractivity contribution in [1.82, 2.24) is 15.1 Å². The Hall–Kier alpha value is -1.03. The maximum absolute atomic E-state index is 6.38. The number of hydrogen-bond acceptors (Lipinski definition) is 2. The van der Waals surface area contributed by atoms with Gasteiger partial charge < -0.3 is 5.32 Å². The lowest BCUT2D eigenvalue weighted by atomic mass is 9.98. The van der Waals surface area contributed by atoms with Crippen LogP contribution in [0.1, 0.15) is 43.1 Å². The Bertz CT molecular complexity index is 608. The minimum absolute atomic E-state index is 0.0252. The highest BCUT2D eigenvalue weighted by Gasteiger charge is 2.22. The van der Waals surface area contributed by atoms with Crippen LogP contribution in [0.15, 0.2) is 24.4 Å². The second-order valence-electron chi connectivity index (χ2n) is 5.08. The fraction of sp³-hybridized carbons (Fsp3) is 0.438. The van der Waals surface area contributed by atoms with Crippen molar-refractivity contribution in [2.45, 2.75) is 39.8 Å². The molecule has 0 fully saturated rings. The first kappa shape index (κ1) is 16.3. The molecule has 2 rings (SSSR count). The van der Waals surface area contributed by atoms with E-state index in [-0.39, 0.29) is 6.04 Å². The van der Waals surface area contributed by atoms with Crippen LogP contribution in [-0.2, 0) is 6.54 Å². The summed E-state index contributed by atoms with van der Waals surface area (Å²) in [5.74, 6) is 0. The van der Waals surface area contributed by atoms with E-state index < -0.39 is 0 Å². The first-order valence-corrected chi connectivity index (χ1v) is 8.04. The zero-order chi connectivity index (χ0) is 15.4. The number of nitrogens with one attached hydrogen (secondary N) is 1. The molecule has 1 atom stereocenters. The standard InChI is InChI=1S/C16H21Cl2N3/c1-4-8-19-15(13-7-6-12(17)9-11(13)3)16-14(18)10-20-21(16)5-2/h6-7,9-10,15,19H,4-5,8H2,1-3H3. The van der Waals surface area contributed by atoms with Crippen LogP contribution in [0.4, 0.5) is 0 Å². The van der Waals surface area contributed by atoms with Gasteiger partial charge >= 0.3 is 0 Å². The molecule has 0 aliphatic heterocycles. The maximum atomic E-state index is 6.38. The molecule has 1 aromatic carbocycles. The summed E-state index contributed by atoms with van der Waals surface area (Å²) in [5, 5.41) is 9.37. The van der Waals surface area contributed by atoms with Crippen molar-refractivity contribution in [3.05, 3.63) is 51.3 Å². The van der Waals surface area contributed by atoms with Crippen molar-refractivity contribution in [3.63, 3.8) is 0 Å². The van der Waals surface area contributed by atoms with Gasteiger partial charge in [0.1, 0.15) is 0 Å². The van der Waals surface area contributed by atoms with Gasteiger partial charge in [-0.1, -0.05) is 36.2 Å². The Balaban J connectivity index is 2.49. The van der Waals surface area contributed by atoms with E-state index in [0.29, 0.717) is 5.02 Å². The minimum Gasteiger partial charge on any atom is -0.305 e. The third-order valence-corrected chi connectivity index (χ3v) is 4.07. The Morgan fingerprint density at radius 2 is 2.05 bits per heavy atom. The van der Waals surface area contributed by atoms with E-state index in [1.807, 2.05) is 16.8 Å². The van der Waals surface area contributed by atoms with Crippen molar-refractivity contribution >= 4 is 23.2 Å². The molecule has 0 bridgehead atoms. The van der Waals surface area contributed by atoms with Crippen LogP contribution in [-0.4, -0.2) is 16.3 Å². The summed E-state index contributed by atoms with van der Waals surface area (Å²) in [6, 6.07) is 5.99. The summed E-state index contributed by atoms with van der Waals surface area (Å²) < 4.78 is 1.95. The fourth-order valence-corrected chi connectivity index (χ4v) is 2.99. The van der Waals surface area contributed by atoms with Crippen LogP contribution in [0.2, 0.25) is 10.0 Å². The Kier molecular flexibility index (Phi) is 5.68. The molecule has 3 nitrogen and oxygen atoms in total. The molecule has 2 aromatic rings. The van der Waals surface area contributed by atoms with Gasteiger partial charge in [-0.3, -0.25) is 4.68 Å². The van der Waals surface area contributed by atoms with Crippen molar-refractivity contribution < 1.29 is 0 Å². The Morgan fingerprint density at radius 3 is 2.67 bits per heavy atom. The molecular weight excluding hydrogens is 305 g/mol. The van der Waals surface area contributed by atoms with E-state index in [1.54, 1.807) is 6.20 Å². The summed E-state index contributed by atoms with van der Waals surface area (Å²) in [6.07, 6.45) is 2.77. The molecule has 5 heteroatoms. The number of benzene rings is 1. The van der Waals surface area contributed by atoms with Gasteiger partial charge in [0.25, 0.3) is 0 Å². The molecule has 0 aliphatic carbocycles. The average Bonchev–Trinajstić information content (AvgIpc) is 2.82. The van der Waals surface area contributed by atoms with Crippen LogP contribution in [0.25, 0.3) is 0 Å². The monoisotopic (exact) mass is 325 g/mol. The molecule has 1 unspecified atom stereocenters. The van der Waals surface area contributed by atoms with E-state index in [2.05, 4.69) is 37.3 Å². The van der Waals surface area contributed by atoms with E-state index in [1.165, 1.54) is 5.56 Å². The zero-order valence-corrected chi connectivity index (χ0v) is 14.2. The van der Waals surface area contributed by atoms with Crippen LogP contribution in [0, 0.1) is 6.92 Å². The largest absolute Gasteiger partial charge is 0.305 e. The van der Waals surface area contributed by atoms with Gasteiger partial charge in [-0.2, -0.15) is 5.10 Å². The van der Waals surface area contributed by atoms with Crippen molar-refractivity contribution in [1.29, 1.82) is 0 Å². The third kappa shape index (κ3) is 3.60. The molecule has 0 aliphatic rings. The summed E-state index contributed by atoms with van der Waals surface area (Å²) in [7, 11) is 0. The van der Waals surface area contributed by atoms with Crippen molar-refractivity contribution in [2.75, 3.05) is 6.54 Å². The fourth-order valence-electron chi connectivity index (χ4n) is 2.52. The lowest BCUT2D eigenvalue weighted by Crippen LogP contribution is -2.26. The molecule has 0 spiro atoms. The number of aromatic nitrogens is 2. The highest BCUT2D eigenvalue weighted by atomic mass is 35.5. The lowest BCUT2D eigenvalue weighted by Gasteiger charge is -2.22. The third-order valence-electron chi connectivity index (χ3n) is 3.55. The molecule has 1 N–H and O–H groups in total. The van der Waals surface area contributed by atoms with Crippen LogP contribution in [0.5, 0.6) is 0 Å². The van der Waals surface area contributed by atoms with Crippen molar-refractivity contribution in [2.24, 2.45) is 0 Å².